The number of aromatic nitrogens is 2. The number of rotatable bonds is 6. The van der Waals surface area contributed by atoms with Crippen LogP contribution in [0.1, 0.15) is 16.4 Å². The molecule has 0 aliphatic rings. The molecule has 0 fully saturated rings. The highest BCUT2D eigenvalue weighted by Crippen LogP contribution is 2.38. The lowest BCUT2D eigenvalue weighted by Gasteiger charge is -2.10. The van der Waals surface area contributed by atoms with Gasteiger partial charge in [0.25, 0.3) is 0 Å². The van der Waals surface area contributed by atoms with E-state index in [9.17, 15) is 9.90 Å². The Balaban J connectivity index is 1.77. The molecule has 0 bridgehead atoms. The van der Waals surface area contributed by atoms with Crippen molar-refractivity contribution in [3.05, 3.63) is 96.3 Å². The SMILES string of the molecule is O=C(O)C(Sc1ccccn1)c1cn(Cc2ccccc2)c2ccccc12. The Morgan fingerprint density at radius 2 is 1.74 bits per heavy atom. The fourth-order valence-corrected chi connectivity index (χ4v) is 4.12. The third-order valence-corrected chi connectivity index (χ3v) is 5.57. The van der Waals surface area contributed by atoms with E-state index in [0.717, 1.165) is 16.5 Å². The number of carboxylic acid groups (broad SMARTS) is 1. The van der Waals surface area contributed by atoms with Crippen molar-refractivity contribution in [1.82, 2.24) is 9.55 Å². The monoisotopic (exact) mass is 374 g/mol. The van der Waals surface area contributed by atoms with Gasteiger partial charge in [0.05, 0.1) is 5.03 Å². The van der Waals surface area contributed by atoms with Gasteiger partial charge in [0.1, 0.15) is 5.25 Å². The average Bonchev–Trinajstić information content (AvgIpc) is 3.06. The first-order chi connectivity index (χ1) is 13.2. The van der Waals surface area contributed by atoms with Crippen molar-refractivity contribution in [2.45, 2.75) is 16.8 Å². The highest BCUT2D eigenvalue weighted by molar-refractivity contribution is 8.00. The number of thioether (sulfide) groups is 1. The Hall–Kier alpha value is -3.05. The standard InChI is InChI=1S/C22H18N2O2S/c25-22(26)21(27-20-12-6-7-13-23-20)18-15-24(14-16-8-2-1-3-9-16)19-11-5-4-10-17(18)19/h1-13,15,21H,14H2,(H,25,26). The van der Waals surface area contributed by atoms with E-state index in [1.807, 2.05) is 66.9 Å². The number of pyridine rings is 1. The van der Waals surface area contributed by atoms with Crippen molar-refractivity contribution in [2.24, 2.45) is 0 Å². The van der Waals surface area contributed by atoms with Crippen LogP contribution in [0.5, 0.6) is 0 Å². The zero-order chi connectivity index (χ0) is 18.6. The lowest BCUT2D eigenvalue weighted by Crippen LogP contribution is -2.08. The number of para-hydroxylation sites is 1. The molecule has 0 radical (unpaired) electrons. The van der Waals surface area contributed by atoms with Crippen molar-refractivity contribution < 1.29 is 9.90 Å². The number of benzene rings is 2. The second-order valence-electron chi connectivity index (χ2n) is 6.22. The minimum atomic E-state index is -0.867. The van der Waals surface area contributed by atoms with Gasteiger partial charge in [0.15, 0.2) is 0 Å². The molecule has 27 heavy (non-hydrogen) atoms. The van der Waals surface area contributed by atoms with Crippen molar-refractivity contribution in [3.8, 4) is 0 Å². The number of carboxylic acids is 1. The molecule has 0 aliphatic heterocycles. The predicted octanol–water partition coefficient (Wildman–Crippen LogP) is 5.00. The summed E-state index contributed by atoms with van der Waals surface area (Å²) in [5.74, 6) is -0.867. The van der Waals surface area contributed by atoms with E-state index in [-0.39, 0.29) is 0 Å². The molecular formula is C22H18N2O2S. The van der Waals surface area contributed by atoms with Gasteiger partial charge in [0.2, 0.25) is 0 Å². The Kier molecular flexibility index (Phi) is 4.94. The predicted molar refractivity (Wildman–Crippen MR) is 108 cm³/mol. The van der Waals surface area contributed by atoms with Crippen LogP contribution >= 0.6 is 11.8 Å². The second-order valence-corrected chi connectivity index (χ2v) is 7.34. The van der Waals surface area contributed by atoms with Crippen LogP contribution in [-0.2, 0) is 11.3 Å². The zero-order valence-corrected chi connectivity index (χ0v) is 15.3. The Morgan fingerprint density at radius 1 is 1.00 bits per heavy atom. The fourth-order valence-electron chi connectivity index (χ4n) is 3.18. The van der Waals surface area contributed by atoms with Crippen molar-refractivity contribution >= 4 is 28.6 Å². The first-order valence-corrected chi connectivity index (χ1v) is 9.52. The molecule has 0 amide bonds. The van der Waals surface area contributed by atoms with Gasteiger partial charge >= 0.3 is 5.97 Å². The lowest BCUT2D eigenvalue weighted by atomic mass is 10.1. The molecule has 4 nitrogen and oxygen atoms in total. The van der Waals surface area contributed by atoms with Crippen LogP contribution in [0.2, 0.25) is 0 Å². The van der Waals surface area contributed by atoms with Crippen LogP contribution in [0.3, 0.4) is 0 Å². The van der Waals surface area contributed by atoms with Gasteiger partial charge in [-0.1, -0.05) is 66.4 Å². The van der Waals surface area contributed by atoms with Crippen LogP contribution in [0.15, 0.2) is 90.2 Å². The second kappa shape index (κ2) is 7.68. The number of hydrogen-bond donors (Lipinski definition) is 1. The summed E-state index contributed by atoms with van der Waals surface area (Å²) in [5, 5.41) is 10.8. The molecule has 4 aromatic rings. The maximum Gasteiger partial charge on any atom is 0.321 e. The summed E-state index contributed by atoms with van der Waals surface area (Å²) in [5.41, 5.74) is 3.00. The lowest BCUT2D eigenvalue weighted by molar-refractivity contribution is -0.136. The van der Waals surface area contributed by atoms with E-state index in [1.54, 1.807) is 6.20 Å². The first kappa shape index (κ1) is 17.4. The van der Waals surface area contributed by atoms with E-state index < -0.39 is 11.2 Å². The number of nitrogens with zero attached hydrogens (tertiary/aromatic N) is 2. The smallest absolute Gasteiger partial charge is 0.321 e. The molecule has 0 saturated carbocycles. The van der Waals surface area contributed by atoms with Crippen LogP contribution in [0.4, 0.5) is 0 Å². The number of fused-ring (bicyclic) bond motifs is 1. The summed E-state index contributed by atoms with van der Waals surface area (Å²) >= 11 is 1.26. The Bertz CT molecular complexity index is 1060. The molecule has 4 rings (SSSR count). The summed E-state index contributed by atoms with van der Waals surface area (Å²) in [4.78, 5) is 16.3. The van der Waals surface area contributed by atoms with Crippen molar-refractivity contribution in [2.75, 3.05) is 0 Å². The molecule has 0 saturated heterocycles. The van der Waals surface area contributed by atoms with E-state index in [1.165, 1.54) is 17.3 Å². The summed E-state index contributed by atoms with van der Waals surface area (Å²) < 4.78 is 2.12. The molecule has 2 aromatic carbocycles. The summed E-state index contributed by atoms with van der Waals surface area (Å²) in [6.45, 7) is 0.696. The molecule has 1 N–H and O–H groups in total. The molecule has 1 atom stereocenters. The highest BCUT2D eigenvalue weighted by Gasteiger charge is 2.26. The first-order valence-electron chi connectivity index (χ1n) is 8.64. The quantitative estimate of drug-likeness (QED) is 0.482. The molecular weight excluding hydrogens is 356 g/mol. The molecule has 0 aliphatic carbocycles. The minimum absolute atomic E-state index is 0.696. The third-order valence-electron chi connectivity index (χ3n) is 4.40. The number of carbonyl (C=O) groups is 1. The molecule has 0 spiro atoms. The summed E-state index contributed by atoms with van der Waals surface area (Å²) in [6.07, 6.45) is 3.65. The van der Waals surface area contributed by atoms with E-state index in [4.69, 9.17) is 0 Å². The third kappa shape index (κ3) is 3.73. The maximum absolute atomic E-state index is 12.1. The summed E-state index contributed by atoms with van der Waals surface area (Å²) in [6, 6.07) is 23.6. The Morgan fingerprint density at radius 3 is 2.48 bits per heavy atom. The van der Waals surface area contributed by atoms with Gasteiger partial charge in [-0.2, -0.15) is 0 Å². The van der Waals surface area contributed by atoms with Gasteiger partial charge in [0, 0.05) is 35.4 Å². The van der Waals surface area contributed by atoms with Gasteiger partial charge in [-0.25, -0.2) is 4.98 Å². The average molecular weight is 374 g/mol. The largest absolute Gasteiger partial charge is 0.480 e. The topological polar surface area (TPSA) is 55.1 Å². The molecule has 2 heterocycles. The number of aliphatic carboxylic acids is 1. The van der Waals surface area contributed by atoms with Crippen LogP contribution in [0, 0.1) is 0 Å². The van der Waals surface area contributed by atoms with E-state index in [0.29, 0.717) is 11.6 Å². The fraction of sp³-hybridized carbons (Fsp3) is 0.0909. The van der Waals surface area contributed by atoms with Gasteiger partial charge < -0.3 is 9.67 Å². The van der Waals surface area contributed by atoms with Crippen molar-refractivity contribution in [3.63, 3.8) is 0 Å². The zero-order valence-electron chi connectivity index (χ0n) is 14.5. The van der Waals surface area contributed by atoms with Crippen LogP contribution < -0.4 is 0 Å². The number of hydrogen-bond acceptors (Lipinski definition) is 3. The van der Waals surface area contributed by atoms with Crippen LogP contribution in [-0.4, -0.2) is 20.6 Å². The molecule has 1 unspecified atom stereocenters. The van der Waals surface area contributed by atoms with E-state index >= 15 is 0 Å². The highest BCUT2D eigenvalue weighted by atomic mass is 32.2. The molecule has 134 valence electrons. The van der Waals surface area contributed by atoms with E-state index in [2.05, 4.69) is 21.7 Å². The van der Waals surface area contributed by atoms with Crippen LogP contribution in [0.25, 0.3) is 10.9 Å². The summed E-state index contributed by atoms with van der Waals surface area (Å²) in [7, 11) is 0. The maximum atomic E-state index is 12.1. The van der Waals surface area contributed by atoms with Crippen molar-refractivity contribution in [1.29, 1.82) is 0 Å². The molecule has 2 aromatic heterocycles. The van der Waals surface area contributed by atoms with Gasteiger partial charge in [-0.05, 0) is 23.8 Å². The Labute approximate surface area is 161 Å². The van der Waals surface area contributed by atoms with Gasteiger partial charge in [-0.15, -0.1) is 0 Å². The minimum Gasteiger partial charge on any atom is -0.480 e. The molecule has 5 heteroatoms. The normalized spacial score (nSPS) is 12.1. The van der Waals surface area contributed by atoms with Gasteiger partial charge in [-0.3, -0.25) is 4.79 Å².